The number of hydrogen-bond donors (Lipinski definition) is 2. The van der Waals surface area contributed by atoms with Gasteiger partial charge >= 0.3 is 0 Å². The van der Waals surface area contributed by atoms with Crippen molar-refractivity contribution >= 4 is 28.2 Å². The number of nitrogens with one attached hydrogen (secondary N) is 2. The van der Waals surface area contributed by atoms with Crippen LogP contribution in [0.1, 0.15) is 17.5 Å². The van der Waals surface area contributed by atoms with Crippen molar-refractivity contribution in [3.63, 3.8) is 0 Å². The van der Waals surface area contributed by atoms with Crippen molar-refractivity contribution in [1.82, 2.24) is 9.88 Å². The summed E-state index contributed by atoms with van der Waals surface area (Å²) in [4.78, 5) is 20.5. The lowest BCUT2D eigenvalue weighted by atomic mass is 10.1. The van der Waals surface area contributed by atoms with Crippen molar-refractivity contribution in [1.29, 1.82) is 0 Å². The van der Waals surface area contributed by atoms with Crippen LogP contribution in [0, 0.1) is 6.92 Å². The number of H-pyrrole nitrogens is 1. The number of amides is 1. The molecule has 4 rings (SSSR count). The minimum absolute atomic E-state index is 0.0528. The summed E-state index contributed by atoms with van der Waals surface area (Å²) in [6.45, 7) is 6.40. The largest absolute Gasteiger partial charge is 0.369 e. The van der Waals surface area contributed by atoms with E-state index < -0.39 is 0 Å². The Labute approximate surface area is 166 Å². The van der Waals surface area contributed by atoms with Gasteiger partial charge in [0.1, 0.15) is 0 Å². The second-order valence-electron chi connectivity index (χ2n) is 7.70. The maximum atomic E-state index is 12.4. The molecule has 1 saturated heterocycles. The molecule has 0 spiro atoms. The van der Waals surface area contributed by atoms with Crippen molar-refractivity contribution in [3.05, 3.63) is 59.8 Å². The van der Waals surface area contributed by atoms with Crippen molar-refractivity contribution in [2.75, 3.05) is 43.4 Å². The maximum absolute atomic E-state index is 12.4. The Bertz CT molecular complexity index is 970. The maximum Gasteiger partial charge on any atom is 0.224 e. The second kappa shape index (κ2) is 8.07. The minimum atomic E-state index is 0.0528. The molecule has 2 aromatic carbocycles. The van der Waals surface area contributed by atoms with Crippen LogP contribution >= 0.6 is 0 Å². The quantitative estimate of drug-likeness (QED) is 0.712. The van der Waals surface area contributed by atoms with Crippen LogP contribution in [0.4, 0.5) is 11.4 Å². The van der Waals surface area contributed by atoms with Crippen molar-refractivity contribution in [2.45, 2.75) is 19.8 Å². The molecule has 2 N–H and O–H groups in total. The smallest absolute Gasteiger partial charge is 0.224 e. The third kappa shape index (κ3) is 4.04. The average Bonchev–Trinajstić information content (AvgIpc) is 3.11. The number of likely N-dealkylation sites (N-methyl/N-ethyl adjacent to an activating group) is 1. The fraction of sp³-hybridized carbons (Fsp3) is 0.348. The molecule has 1 aliphatic rings. The van der Waals surface area contributed by atoms with Crippen molar-refractivity contribution in [3.8, 4) is 0 Å². The van der Waals surface area contributed by atoms with Crippen LogP contribution in [0.25, 0.3) is 10.9 Å². The molecule has 0 unspecified atom stereocenters. The number of benzene rings is 2. The number of carbonyl (C=O) groups is 1. The Kier molecular flexibility index (Phi) is 5.35. The first-order valence-electron chi connectivity index (χ1n) is 9.99. The molecule has 5 heteroatoms. The Balaban J connectivity index is 1.36. The van der Waals surface area contributed by atoms with E-state index in [1.165, 1.54) is 22.2 Å². The topological polar surface area (TPSA) is 51.4 Å². The van der Waals surface area contributed by atoms with E-state index in [0.717, 1.165) is 43.8 Å². The Morgan fingerprint density at radius 1 is 1.11 bits per heavy atom. The Hall–Kier alpha value is -2.79. The summed E-state index contributed by atoms with van der Waals surface area (Å²) in [6, 6.07) is 14.4. The third-order valence-electron chi connectivity index (χ3n) is 5.62. The van der Waals surface area contributed by atoms with Gasteiger partial charge in [0.25, 0.3) is 0 Å². The molecule has 1 aromatic heterocycles. The zero-order valence-electron chi connectivity index (χ0n) is 16.7. The van der Waals surface area contributed by atoms with E-state index in [2.05, 4.69) is 58.3 Å². The van der Waals surface area contributed by atoms with E-state index in [1.54, 1.807) is 0 Å². The predicted octanol–water partition coefficient (Wildman–Crippen LogP) is 3.80. The number of nitrogens with zero attached hydrogens (tertiary/aromatic N) is 2. The molecule has 1 fully saturated rings. The zero-order valence-corrected chi connectivity index (χ0v) is 16.7. The van der Waals surface area contributed by atoms with Crippen LogP contribution in [0.2, 0.25) is 0 Å². The number of piperazine rings is 1. The molecule has 0 saturated carbocycles. The lowest BCUT2D eigenvalue weighted by Gasteiger charge is -2.35. The highest BCUT2D eigenvalue weighted by Gasteiger charge is 2.16. The molecule has 0 bridgehead atoms. The molecule has 28 heavy (non-hydrogen) atoms. The van der Waals surface area contributed by atoms with Gasteiger partial charge in [-0.05, 0) is 55.8 Å². The van der Waals surface area contributed by atoms with Crippen molar-refractivity contribution < 1.29 is 4.79 Å². The molecular formula is C23H28N4O. The molecule has 5 nitrogen and oxygen atoms in total. The number of rotatable bonds is 5. The Morgan fingerprint density at radius 3 is 2.68 bits per heavy atom. The lowest BCUT2D eigenvalue weighted by molar-refractivity contribution is -0.116. The Morgan fingerprint density at radius 2 is 1.89 bits per heavy atom. The summed E-state index contributed by atoms with van der Waals surface area (Å²) in [5.74, 6) is 0.0528. The first kappa shape index (κ1) is 18.6. The van der Waals surface area contributed by atoms with Crippen LogP contribution in [-0.2, 0) is 11.2 Å². The number of fused-ring (bicyclic) bond motifs is 1. The number of aromatic amines is 1. The molecule has 0 aliphatic carbocycles. The second-order valence-corrected chi connectivity index (χ2v) is 7.70. The van der Waals surface area contributed by atoms with E-state index >= 15 is 0 Å². The summed E-state index contributed by atoms with van der Waals surface area (Å²) in [5, 5.41) is 4.25. The van der Waals surface area contributed by atoms with E-state index in [0.29, 0.717) is 6.42 Å². The highest BCUT2D eigenvalue weighted by Crippen LogP contribution is 2.25. The molecule has 3 aromatic rings. The summed E-state index contributed by atoms with van der Waals surface area (Å²) in [6.07, 6.45) is 3.21. The monoisotopic (exact) mass is 376 g/mol. The van der Waals surface area contributed by atoms with Crippen molar-refractivity contribution in [2.24, 2.45) is 0 Å². The number of para-hydroxylation sites is 1. The summed E-state index contributed by atoms with van der Waals surface area (Å²) < 4.78 is 0. The predicted molar refractivity (Wildman–Crippen MR) is 116 cm³/mol. The molecule has 1 amide bonds. The number of aromatic nitrogens is 1. The average molecular weight is 377 g/mol. The zero-order chi connectivity index (χ0) is 19.5. The van der Waals surface area contributed by atoms with E-state index in [4.69, 9.17) is 0 Å². The molecular weight excluding hydrogens is 348 g/mol. The van der Waals surface area contributed by atoms with Crippen LogP contribution in [0.15, 0.2) is 48.7 Å². The van der Waals surface area contributed by atoms with Gasteiger partial charge in [0.2, 0.25) is 5.91 Å². The van der Waals surface area contributed by atoms with Gasteiger partial charge in [0, 0.05) is 61.1 Å². The van der Waals surface area contributed by atoms with Crippen LogP contribution in [0.5, 0.6) is 0 Å². The number of aryl methyl sites for hydroxylation is 2. The molecule has 0 radical (unpaired) electrons. The fourth-order valence-corrected chi connectivity index (χ4v) is 3.95. The van der Waals surface area contributed by atoms with Gasteiger partial charge in [-0.1, -0.05) is 18.2 Å². The van der Waals surface area contributed by atoms with Gasteiger partial charge in [0.05, 0.1) is 0 Å². The van der Waals surface area contributed by atoms with Crippen LogP contribution < -0.4 is 10.2 Å². The molecule has 2 heterocycles. The normalized spacial score (nSPS) is 15.1. The standard InChI is InChI=1S/C23H28N4O/c1-17-15-19(8-9-22(17)27-13-11-26(2)12-14-27)25-23(28)10-7-18-16-24-21-6-4-3-5-20(18)21/h3-6,8-9,15-16,24H,7,10-14H2,1-2H3,(H,25,28). The fourth-order valence-electron chi connectivity index (χ4n) is 3.95. The molecule has 0 atom stereocenters. The lowest BCUT2D eigenvalue weighted by Crippen LogP contribution is -2.44. The number of hydrogen-bond acceptors (Lipinski definition) is 3. The van der Waals surface area contributed by atoms with E-state index in [9.17, 15) is 4.79 Å². The SMILES string of the molecule is Cc1cc(NC(=O)CCc2c[nH]c3ccccc23)ccc1N1CCN(C)CC1. The highest BCUT2D eigenvalue weighted by atomic mass is 16.1. The summed E-state index contributed by atoms with van der Waals surface area (Å²) in [7, 11) is 2.17. The van der Waals surface area contributed by atoms with E-state index in [-0.39, 0.29) is 5.91 Å². The van der Waals surface area contributed by atoms with E-state index in [1.807, 2.05) is 24.4 Å². The van der Waals surface area contributed by atoms with Gasteiger partial charge in [-0.25, -0.2) is 0 Å². The van der Waals surface area contributed by atoms with Gasteiger partial charge < -0.3 is 20.1 Å². The minimum Gasteiger partial charge on any atom is -0.369 e. The van der Waals surface area contributed by atoms with Gasteiger partial charge in [-0.2, -0.15) is 0 Å². The van der Waals surface area contributed by atoms with Gasteiger partial charge in [-0.15, -0.1) is 0 Å². The van der Waals surface area contributed by atoms with Gasteiger partial charge in [-0.3, -0.25) is 4.79 Å². The summed E-state index contributed by atoms with van der Waals surface area (Å²) >= 11 is 0. The number of anilines is 2. The first-order valence-corrected chi connectivity index (χ1v) is 9.99. The first-order chi connectivity index (χ1) is 13.6. The molecule has 1 aliphatic heterocycles. The van der Waals surface area contributed by atoms with Crippen LogP contribution in [-0.4, -0.2) is 49.0 Å². The number of carbonyl (C=O) groups excluding carboxylic acids is 1. The summed E-state index contributed by atoms with van der Waals surface area (Å²) in [5.41, 5.74) is 5.66. The van der Waals surface area contributed by atoms with Gasteiger partial charge in [0.15, 0.2) is 0 Å². The third-order valence-corrected chi connectivity index (χ3v) is 5.62. The molecule has 146 valence electrons. The highest BCUT2D eigenvalue weighted by molar-refractivity contribution is 5.92. The van der Waals surface area contributed by atoms with Crippen LogP contribution in [0.3, 0.4) is 0 Å².